The molecule has 0 spiro atoms. The van der Waals surface area contributed by atoms with Gasteiger partial charge >= 0.3 is 5.97 Å². The lowest BCUT2D eigenvalue weighted by atomic mass is 10.0. The van der Waals surface area contributed by atoms with Gasteiger partial charge in [-0.05, 0) is 25.0 Å². The smallest absolute Gasteiger partial charge is 0.303 e. The number of carbonyl (C=O) groups is 1. The molecule has 0 bridgehead atoms. The van der Waals surface area contributed by atoms with Crippen molar-refractivity contribution >= 4 is 5.97 Å². The molecule has 19 heavy (non-hydrogen) atoms. The Balaban J connectivity index is 2.26. The number of nitrogens with zero attached hydrogens (tertiary/aromatic N) is 3. The van der Waals surface area contributed by atoms with Crippen LogP contribution in [0.5, 0.6) is 0 Å². The van der Waals surface area contributed by atoms with E-state index in [1.807, 2.05) is 48.7 Å². The summed E-state index contributed by atoms with van der Waals surface area (Å²) >= 11 is 0. The molecule has 100 valence electrons. The highest BCUT2D eigenvalue weighted by Crippen LogP contribution is 2.16. The summed E-state index contributed by atoms with van der Waals surface area (Å²) in [5.74, 6) is 0.861. The van der Waals surface area contributed by atoms with Crippen LogP contribution in [-0.4, -0.2) is 25.8 Å². The van der Waals surface area contributed by atoms with Gasteiger partial charge in [0, 0.05) is 18.5 Å². The van der Waals surface area contributed by atoms with Gasteiger partial charge in [0.1, 0.15) is 11.6 Å². The van der Waals surface area contributed by atoms with Crippen molar-refractivity contribution in [1.29, 1.82) is 0 Å². The van der Waals surface area contributed by atoms with Crippen LogP contribution in [0.1, 0.15) is 25.0 Å². The molecule has 0 radical (unpaired) electrons. The number of hydrogen-bond acceptors (Lipinski definition) is 3. The van der Waals surface area contributed by atoms with Crippen LogP contribution in [-0.2, 0) is 11.2 Å². The highest BCUT2D eigenvalue weighted by atomic mass is 16.4. The van der Waals surface area contributed by atoms with Crippen LogP contribution < -0.4 is 0 Å². The third-order valence-electron chi connectivity index (χ3n) is 2.96. The number of aromatic nitrogens is 3. The monoisotopic (exact) mass is 259 g/mol. The van der Waals surface area contributed by atoms with Gasteiger partial charge in [-0.3, -0.25) is 9.36 Å². The van der Waals surface area contributed by atoms with E-state index >= 15 is 0 Å². The zero-order valence-corrected chi connectivity index (χ0v) is 11.1. The molecule has 0 aliphatic rings. The lowest BCUT2D eigenvalue weighted by Gasteiger charge is -2.11. The molecular formula is C14H17N3O2. The summed E-state index contributed by atoms with van der Waals surface area (Å²) in [5, 5.41) is 17.1. The number of aryl methyl sites for hydroxylation is 1. The molecule has 0 aliphatic carbocycles. The van der Waals surface area contributed by atoms with Gasteiger partial charge in [0.2, 0.25) is 0 Å². The normalized spacial score (nSPS) is 12.3. The maximum atomic E-state index is 10.7. The second kappa shape index (κ2) is 5.65. The van der Waals surface area contributed by atoms with E-state index in [0.29, 0.717) is 6.42 Å². The van der Waals surface area contributed by atoms with Gasteiger partial charge in [-0.1, -0.05) is 25.1 Å². The molecule has 1 aromatic carbocycles. The van der Waals surface area contributed by atoms with Crippen LogP contribution >= 0.6 is 0 Å². The van der Waals surface area contributed by atoms with Crippen LogP contribution in [0.4, 0.5) is 0 Å². The molecule has 1 atom stereocenters. The van der Waals surface area contributed by atoms with Crippen LogP contribution in [0.25, 0.3) is 5.69 Å². The molecule has 5 nitrogen and oxygen atoms in total. The van der Waals surface area contributed by atoms with Crippen LogP contribution in [0.15, 0.2) is 30.3 Å². The predicted octanol–water partition coefficient (Wildman–Crippen LogP) is 2.23. The average Bonchev–Trinajstić information content (AvgIpc) is 2.70. The standard InChI is InChI=1S/C14H17N3O2/c1-10(9-14(18)19)8-13-16-15-11(2)17(13)12-6-4-3-5-7-12/h3-7,10H,8-9H2,1-2H3,(H,18,19). The van der Waals surface area contributed by atoms with E-state index in [-0.39, 0.29) is 12.3 Å². The summed E-state index contributed by atoms with van der Waals surface area (Å²) in [6, 6.07) is 9.85. The first-order valence-corrected chi connectivity index (χ1v) is 6.26. The molecule has 0 fully saturated rings. The fourth-order valence-corrected chi connectivity index (χ4v) is 2.13. The van der Waals surface area contributed by atoms with Gasteiger partial charge in [0.15, 0.2) is 0 Å². The number of carboxylic acids is 1. The predicted molar refractivity (Wildman–Crippen MR) is 71.2 cm³/mol. The number of para-hydroxylation sites is 1. The molecule has 0 amide bonds. The first kappa shape index (κ1) is 13.3. The van der Waals surface area contributed by atoms with Gasteiger partial charge in [0.25, 0.3) is 0 Å². The lowest BCUT2D eigenvalue weighted by molar-refractivity contribution is -0.137. The maximum Gasteiger partial charge on any atom is 0.303 e. The Kier molecular flexibility index (Phi) is 3.94. The zero-order valence-electron chi connectivity index (χ0n) is 11.1. The van der Waals surface area contributed by atoms with Crippen molar-refractivity contribution in [3.8, 4) is 5.69 Å². The number of hydrogen-bond donors (Lipinski definition) is 1. The number of rotatable bonds is 5. The first-order valence-electron chi connectivity index (χ1n) is 6.26. The highest BCUT2D eigenvalue weighted by Gasteiger charge is 2.15. The van der Waals surface area contributed by atoms with E-state index in [0.717, 1.165) is 17.3 Å². The molecular weight excluding hydrogens is 242 g/mol. The van der Waals surface area contributed by atoms with Crippen LogP contribution in [0, 0.1) is 12.8 Å². The maximum absolute atomic E-state index is 10.7. The fourth-order valence-electron chi connectivity index (χ4n) is 2.13. The molecule has 1 N–H and O–H groups in total. The fraction of sp³-hybridized carbons (Fsp3) is 0.357. The minimum atomic E-state index is -0.782. The van der Waals surface area contributed by atoms with Gasteiger partial charge in [-0.2, -0.15) is 0 Å². The van der Waals surface area contributed by atoms with Gasteiger partial charge < -0.3 is 5.11 Å². The van der Waals surface area contributed by atoms with Crippen LogP contribution in [0.2, 0.25) is 0 Å². The summed E-state index contributed by atoms with van der Waals surface area (Å²) in [5.41, 5.74) is 1.00. The second-order valence-corrected chi connectivity index (χ2v) is 4.74. The molecule has 1 unspecified atom stereocenters. The Labute approximate surface area is 111 Å². The van der Waals surface area contributed by atoms with Crippen molar-refractivity contribution in [2.45, 2.75) is 26.7 Å². The number of aliphatic carboxylic acids is 1. The van der Waals surface area contributed by atoms with E-state index in [1.54, 1.807) is 0 Å². The second-order valence-electron chi connectivity index (χ2n) is 4.74. The minimum absolute atomic E-state index is 0.0311. The Bertz CT molecular complexity index is 563. The minimum Gasteiger partial charge on any atom is -0.481 e. The molecule has 1 aromatic heterocycles. The summed E-state index contributed by atoms with van der Waals surface area (Å²) in [6.45, 7) is 3.80. The molecule has 5 heteroatoms. The molecule has 0 aliphatic heterocycles. The summed E-state index contributed by atoms with van der Waals surface area (Å²) in [7, 11) is 0. The molecule has 0 saturated carbocycles. The van der Waals surface area contributed by atoms with Gasteiger partial charge in [-0.15, -0.1) is 10.2 Å². The third-order valence-corrected chi connectivity index (χ3v) is 2.96. The topological polar surface area (TPSA) is 68.0 Å². The summed E-state index contributed by atoms with van der Waals surface area (Å²) in [4.78, 5) is 10.7. The van der Waals surface area contributed by atoms with Crippen molar-refractivity contribution in [3.63, 3.8) is 0 Å². The Morgan fingerprint density at radius 1 is 1.32 bits per heavy atom. The Hall–Kier alpha value is -2.17. The summed E-state index contributed by atoms with van der Waals surface area (Å²) in [6.07, 6.45) is 0.739. The molecule has 2 aromatic rings. The molecule has 0 saturated heterocycles. The SMILES string of the molecule is Cc1nnc(CC(C)CC(=O)O)n1-c1ccccc1. The van der Waals surface area contributed by atoms with Gasteiger partial charge in [-0.25, -0.2) is 0 Å². The highest BCUT2D eigenvalue weighted by molar-refractivity contribution is 5.66. The van der Waals surface area contributed by atoms with Crippen molar-refractivity contribution in [2.24, 2.45) is 5.92 Å². The quantitative estimate of drug-likeness (QED) is 0.894. The Morgan fingerprint density at radius 2 is 2.00 bits per heavy atom. The van der Waals surface area contributed by atoms with Gasteiger partial charge in [0.05, 0.1) is 0 Å². The van der Waals surface area contributed by atoms with Crippen molar-refractivity contribution in [3.05, 3.63) is 42.0 Å². The van der Waals surface area contributed by atoms with Crippen LogP contribution in [0.3, 0.4) is 0 Å². The van der Waals surface area contributed by atoms with E-state index in [2.05, 4.69) is 10.2 Å². The van der Waals surface area contributed by atoms with E-state index in [4.69, 9.17) is 5.11 Å². The Morgan fingerprint density at radius 3 is 2.63 bits per heavy atom. The average molecular weight is 259 g/mol. The molecule has 2 rings (SSSR count). The summed E-state index contributed by atoms with van der Waals surface area (Å²) < 4.78 is 1.97. The van der Waals surface area contributed by atoms with Crippen molar-refractivity contribution in [2.75, 3.05) is 0 Å². The van der Waals surface area contributed by atoms with E-state index in [1.165, 1.54) is 0 Å². The lowest BCUT2D eigenvalue weighted by Crippen LogP contribution is -2.11. The number of benzene rings is 1. The largest absolute Gasteiger partial charge is 0.481 e. The number of carboxylic acid groups (broad SMARTS) is 1. The van der Waals surface area contributed by atoms with Crippen molar-refractivity contribution in [1.82, 2.24) is 14.8 Å². The first-order chi connectivity index (χ1) is 9.08. The van der Waals surface area contributed by atoms with Crippen molar-refractivity contribution < 1.29 is 9.90 Å². The third kappa shape index (κ3) is 3.19. The van der Waals surface area contributed by atoms with E-state index < -0.39 is 5.97 Å². The van der Waals surface area contributed by atoms with E-state index in [9.17, 15) is 4.79 Å². The molecule has 1 heterocycles. The zero-order chi connectivity index (χ0) is 13.8.